The van der Waals surface area contributed by atoms with Crippen LogP contribution in [0.25, 0.3) is 0 Å². The molecule has 138 valence electrons. The Morgan fingerprint density at radius 3 is 2.67 bits per heavy atom. The molecule has 27 heavy (non-hydrogen) atoms. The van der Waals surface area contributed by atoms with Crippen molar-refractivity contribution >= 4 is 22.9 Å². The summed E-state index contributed by atoms with van der Waals surface area (Å²) in [7, 11) is 0. The van der Waals surface area contributed by atoms with Crippen molar-refractivity contribution in [3.63, 3.8) is 0 Å². The highest BCUT2D eigenvalue weighted by Gasteiger charge is 2.14. The van der Waals surface area contributed by atoms with E-state index in [4.69, 9.17) is 14.2 Å². The molecular weight excluding hydrogens is 362 g/mol. The van der Waals surface area contributed by atoms with Crippen LogP contribution in [0, 0.1) is 6.92 Å². The summed E-state index contributed by atoms with van der Waals surface area (Å²) in [5.74, 6) is 2.01. The summed E-state index contributed by atoms with van der Waals surface area (Å²) < 4.78 is 16.8. The van der Waals surface area contributed by atoms with Crippen molar-refractivity contribution < 1.29 is 19.0 Å². The first-order valence-electron chi connectivity index (χ1n) is 8.65. The zero-order chi connectivity index (χ0) is 18.6. The minimum atomic E-state index is -0.154. The summed E-state index contributed by atoms with van der Waals surface area (Å²) >= 11 is 1.40. The molecule has 1 aliphatic rings. The quantitative estimate of drug-likeness (QED) is 0.698. The number of thiophene rings is 1. The summed E-state index contributed by atoms with van der Waals surface area (Å²) in [6, 6.07) is 15.1. The van der Waals surface area contributed by atoms with Crippen LogP contribution in [-0.4, -0.2) is 19.1 Å². The highest BCUT2D eigenvalue weighted by Crippen LogP contribution is 2.32. The fraction of sp³-hybridized carbons (Fsp3) is 0.190. The largest absolute Gasteiger partial charge is 0.489 e. The minimum Gasteiger partial charge on any atom is -0.489 e. The molecule has 1 amide bonds. The number of nitrogens with one attached hydrogen (secondary N) is 1. The summed E-state index contributed by atoms with van der Waals surface area (Å²) in [5.41, 5.74) is 2.83. The Hall–Kier alpha value is -2.99. The molecule has 0 spiro atoms. The maximum absolute atomic E-state index is 12.5. The van der Waals surface area contributed by atoms with Crippen LogP contribution >= 0.6 is 11.3 Å². The maximum atomic E-state index is 12.5. The lowest BCUT2D eigenvalue weighted by molar-refractivity contribution is 0.103. The highest BCUT2D eigenvalue weighted by molar-refractivity contribution is 7.12. The van der Waals surface area contributed by atoms with E-state index in [-0.39, 0.29) is 5.91 Å². The molecule has 1 aliphatic heterocycles. The van der Waals surface area contributed by atoms with E-state index in [0.717, 1.165) is 11.3 Å². The molecule has 2 heterocycles. The van der Waals surface area contributed by atoms with E-state index in [9.17, 15) is 4.79 Å². The van der Waals surface area contributed by atoms with Crippen molar-refractivity contribution in [1.29, 1.82) is 0 Å². The summed E-state index contributed by atoms with van der Waals surface area (Å²) in [5, 5.41) is 4.83. The average molecular weight is 381 g/mol. The van der Waals surface area contributed by atoms with Gasteiger partial charge in [0.05, 0.1) is 4.88 Å². The summed E-state index contributed by atoms with van der Waals surface area (Å²) in [6.07, 6.45) is 0. The van der Waals surface area contributed by atoms with Crippen LogP contribution in [0.1, 0.15) is 20.8 Å². The Labute approximate surface area is 161 Å². The molecular formula is C21H19NO4S. The van der Waals surface area contributed by atoms with Crippen molar-refractivity contribution in [2.24, 2.45) is 0 Å². The van der Waals surface area contributed by atoms with Gasteiger partial charge in [0.15, 0.2) is 11.5 Å². The second-order valence-electron chi connectivity index (χ2n) is 6.23. The van der Waals surface area contributed by atoms with Crippen LogP contribution in [0.5, 0.6) is 17.2 Å². The molecule has 0 bridgehead atoms. The van der Waals surface area contributed by atoms with Crippen LogP contribution in [0.4, 0.5) is 5.69 Å². The van der Waals surface area contributed by atoms with Crippen LogP contribution in [0.3, 0.4) is 0 Å². The summed E-state index contributed by atoms with van der Waals surface area (Å²) in [4.78, 5) is 13.1. The number of carbonyl (C=O) groups excluding carboxylic acids is 1. The van der Waals surface area contributed by atoms with Gasteiger partial charge >= 0.3 is 0 Å². The lowest BCUT2D eigenvalue weighted by Gasteiger charge is -2.18. The van der Waals surface area contributed by atoms with Crippen LogP contribution in [0.15, 0.2) is 53.9 Å². The fourth-order valence-corrected chi connectivity index (χ4v) is 3.48. The van der Waals surface area contributed by atoms with E-state index in [1.165, 1.54) is 16.9 Å². The Bertz CT molecular complexity index is 949. The number of ether oxygens (including phenoxy) is 3. The number of amides is 1. The first-order valence-corrected chi connectivity index (χ1v) is 9.53. The molecule has 2 aromatic carbocycles. The standard InChI is InChI=1S/C21H19NO4S/c1-14-2-5-17(6-3-14)26-12-15-10-20(27-13-15)21(23)22-16-4-7-18-19(11-16)25-9-8-24-18/h2-7,10-11,13H,8-9,12H2,1H3,(H,22,23). The van der Waals surface area contributed by atoms with Crippen molar-refractivity contribution in [2.75, 3.05) is 18.5 Å². The Balaban J connectivity index is 1.37. The molecule has 5 nitrogen and oxygen atoms in total. The molecule has 1 N–H and O–H groups in total. The zero-order valence-corrected chi connectivity index (χ0v) is 15.7. The van der Waals surface area contributed by atoms with Gasteiger partial charge in [-0.3, -0.25) is 4.79 Å². The molecule has 0 radical (unpaired) electrons. The average Bonchev–Trinajstić information content (AvgIpc) is 3.17. The van der Waals surface area contributed by atoms with Crippen molar-refractivity contribution in [3.05, 3.63) is 69.9 Å². The van der Waals surface area contributed by atoms with E-state index < -0.39 is 0 Å². The van der Waals surface area contributed by atoms with Crippen molar-refractivity contribution in [3.8, 4) is 17.2 Å². The number of hydrogen-bond donors (Lipinski definition) is 1. The van der Waals surface area contributed by atoms with Gasteiger partial charge in [0.2, 0.25) is 0 Å². The van der Waals surface area contributed by atoms with E-state index >= 15 is 0 Å². The third kappa shape index (κ3) is 4.23. The van der Waals surface area contributed by atoms with Gasteiger partial charge in [-0.05, 0) is 42.6 Å². The molecule has 0 atom stereocenters. The maximum Gasteiger partial charge on any atom is 0.265 e. The second kappa shape index (κ2) is 7.72. The highest BCUT2D eigenvalue weighted by atomic mass is 32.1. The molecule has 4 rings (SSSR count). The molecule has 0 saturated carbocycles. The first kappa shape index (κ1) is 17.4. The topological polar surface area (TPSA) is 56.8 Å². The van der Waals surface area contributed by atoms with Gasteiger partial charge in [0, 0.05) is 17.3 Å². The minimum absolute atomic E-state index is 0.154. The molecule has 0 fully saturated rings. The van der Waals surface area contributed by atoms with Gasteiger partial charge < -0.3 is 19.5 Å². The number of aryl methyl sites for hydroxylation is 1. The monoisotopic (exact) mass is 381 g/mol. The van der Waals surface area contributed by atoms with E-state index in [0.29, 0.717) is 41.9 Å². The summed E-state index contributed by atoms with van der Waals surface area (Å²) in [6.45, 7) is 3.52. The number of benzene rings is 2. The third-order valence-electron chi connectivity index (χ3n) is 4.10. The van der Waals surface area contributed by atoms with Gasteiger partial charge in [-0.2, -0.15) is 0 Å². The predicted molar refractivity (Wildman–Crippen MR) is 105 cm³/mol. The van der Waals surface area contributed by atoms with Gasteiger partial charge in [-0.15, -0.1) is 11.3 Å². The van der Waals surface area contributed by atoms with Crippen molar-refractivity contribution in [2.45, 2.75) is 13.5 Å². The Morgan fingerprint density at radius 2 is 1.85 bits per heavy atom. The van der Waals surface area contributed by atoms with E-state index in [1.54, 1.807) is 18.2 Å². The lowest BCUT2D eigenvalue weighted by Crippen LogP contribution is -2.16. The van der Waals surface area contributed by atoms with Crippen LogP contribution in [0.2, 0.25) is 0 Å². The van der Waals surface area contributed by atoms with Gasteiger partial charge in [0.1, 0.15) is 25.6 Å². The Kier molecular flexibility index (Phi) is 4.98. The van der Waals surface area contributed by atoms with Crippen LogP contribution < -0.4 is 19.5 Å². The van der Waals surface area contributed by atoms with E-state index in [2.05, 4.69) is 5.32 Å². The molecule has 1 aromatic heterocycles. The predicted octanol–water partition coefficient (Wildman–Crippen LogP) is 4.66. The van der Waals surface area contributed by atoms with E-state index in [1.807, 2.05) is 42.6 Å². The number of hydrogen-bond acceptors (Lipinski definition) is 5. The zero-order valence-electron chi connectivity index (χ0n) is 14.9. The fourth-order valence-electron chi connectivity index (χ4n) is 2.69. The molecule has 3 aromatic rings. The third-order valence-corrected chi connectivity index (χ3v) is 5.08. The van der Waals surface area contributed by atoms with Crippen LogP contribution in [-0.2, 0) is 6.61 Å². The number of anilines is 1. The molecule has 0 unspecified atom stereocenters. The molecule has 6 heteroatoms. The number of fused-ring (bicyclic) bond motifs is 1. The SMILES string of the molecule is Cc1ccc(OCc2csc(C(=O)Nc3ccc4c(c3)OCCO4)c2)cc1. The first-order chi connectivity index (χ1) is 13.2. The second-order valence-corrected chi connectivity index (χ2v) is 7.14. The Morgan fingerprint density at radius 1 is 1.07 bits per heavy atom. The molecule has 0 saturated heterocycles. The normalized spacial score (nSPS) is 12.5. The number of rotatable bonds is 5. The lowest BCUT2D eigenvalue weighted by atomic mass is 10.2. The van der Waals surface area contributed by atoms with Crippen molar-refractivity contribution in [1.82, 2.24) is 0 Å². The number of carbonyl (C=O) groups is 1. The smallest absolute Gasteiger partial charge is 0.265 e. The van der Waals surface area contributed by atoms with Gasteiger partial charge in [-0.1, -0.05) is 17.7 Å². The van der Waals surface area contributed by atoms with Gasteiger partial charge in [0.25, 0.3) is 5.91 Å². The van der Waals surface area contributed by atoms with Gasteiger partial charge in [-0.25, -0.2) is 0 Å². The molecule has 0 aliphatic carbocycles.